The number of carbonyl (C=O) groups is 2. The minimum Gasteiger partial charge on any atom is -0.497 e. The van der Waals surface area contributed by atoms with Gasteiger partial charge in [0.25, 0.3) is 0 Å². The van der Waals surface area contributed by atoms with E-state index in [2.05, 4.69) is 26.8 Å². The van der Waals surface area contributed by atoms with Crippen LogP contribution in [-0.4, -0.2) is 75.5 Å². The molecule has 0 amide bonds. The van der Waals surface area contributed by atoms with Gasteiger partial charge >= 0.3 is 11.9 Å². The molecule has 0 spiro atoms. The highest BCUT2D eigenvalue weighted by molar-refractivity contribution is 5.66. The van der Waals surface area contributed by atoms with Crippen molar-refractivity contribution in [2.45, 2.75) is 142 Å². The van der Waals surface area contributed by atoms with Crippen molar-refractivity contribution in [2.75, 3.05) is 20.8 Å². The van der Waals surface area contributed by atoms with Gasteiger partial charge in [0.05, 0.1) is 44.2 Å². The highest BCUT2D eigenvalue weighted by Gasteiger charge is 2.36. The molecule has 0 aliphatic carbocycles. The van der Waals surface area contributed by atoms with Crippen LogP contribution >= 0.6 is 0 Å². The molecule has 0 radical (unpaired) electrons. The van der Waals surface area contributed by atoms with Crippen molar-refractivity contribution < 1.29 is 42.7 Å². The number of allylic oxidation sites excluding steroid dienone is 1. The van der Waals surface area contributed by atoms with Gasteiger partial charge in [-0.05, 0) is 67.7 Å². The Kier molecular flexibility index (Phi) is 16.5. The minimum atomic E-state index is -0.292. The molecule has 2 saturated heterocycles. The first-order valence-electron chi connectivity index (χ1n) is 17.1. The Morgan fingerprint density at radius 1 is 0.935 bits per heavy atom. The lowest BCUT2D eigenvalue weighted by Gasteiger charge is -2.39. The Bertz CT molecular complexity index is 1060. The van der Waals surface area contributed by atoms with E-state index in [1.807, 2.05) is 30.3 Å². The van der Waals surface area contributed by atoms with Crippen LogP contribution in [0, 0.1) is 11.8 Å². The predicted octanol–water partition coefficient (Wildman–Crippen LogP) is 6.98. The van der Waals surface area contributed by atoms with Crippen molar-refractivity contribution in [1.82, 2.24) is 0 Å². The van der Waals surface area contributed by atoms with Gasteiger partial charge in [-0.1, -0.05) is 39.0 Å². The summed E-state index contributed by atoms with van der Waals surface area (Å²) in [6.45, 7) is 10.5. The summed E-state index contributed by atoms with van der Waals surface area (Å²) in [6.07, 6.45) is 10.4. The van der Waals surface area contributed by atoms with E-state index in [-0.39, 0.29) is 54.7 Å². The van der Waals surface area contributed by atoms with E-state index in [4.69, 9.17) is 33.2 Å². The fourth-order valence-electron chi connectivity index (χ4n) is 6.39. The topological polar surface area (TPSA) is 98.8 Å². The Labute approximate surface area is 276 Å². The van der Waals surface area contributed by atoms with Crippen LogP contribution < -0.4 is 4.74 Å². The average Bonchev–Trinajstić information content (AvgIpc) is 3.00. The van der Waals surface area contributed by atoms with Crippen LogP contribution in [-0.2, 0) is 44.6 Å². The summed E-state index contributed by atoms with van der Waals surface area (Å²) in [5.74, 6) is 1.20. The second kappa shape index (κ2) is 20.0. The second-order valence-corrected chi connectivity index (χ2v) is 13.4. The van der Waals surface area contributed by atoms with Crippen molar-refractivity contribution in [3.05, 3.63) is 42.0 Å². The lowest BCUT2D eigenvalue weighted by molar-refractivity contribution is -0.164. The summed E-state index contributed by atoms with van der Waals surface area (Å²) < 4.78 is 41.6. The van der Waals surface area contributed by atoms with Crippen molar-refractivity contribution in [3.8, 4) is 5.75 Å². The van der Waals surface area contributed by atoms with Crippen LogP contribution in [0.3, 0.4) is 0 Å². The Hall–Kier alpha value is -2.46. The standard InChI is InChI=1S/C37H58O9/c1-25(2)9-8-10-31(43-27(4)38)19-32-14-11-26(3)37(46-32)23-34(41-7)21-36-22-35(44-28(5)39)20-33(45-36)17-18-42-24-29-12-15-30(40-6)16-13-29/h8,10,12-13,15-16,25-26,31-37H,9,11,14,17-24H2,1-7H3/b10-8+/t26-,31-,32-,33-,34-,35+,36+,37+/m0/s1. The highest BCUT2D eigenvalue weighted by atomic mass is 16.6. The predicted molar refractivity (Wildman–Crippen MR) is 177 cm³/mol. The van der Waals surface area contributed by atoms with Crippen LogP contribution in [0.5, 0.6) is 5.75 Å². The normalized spacial score (nSPS) is 26.5. The Balaban J connectivity index is 1.54. The molecule has 0 aromatic heterocycles. The van der Waals surface area contributed by atoms with Crippen molar-refractivity contribution in [2.24, 2.45) is 11.8 Å². The molecule has 8 atom stereocenters. The molecule has 1 aromatic carbocycles. The molecular weight excluding hydrogens is 588 g/mol. The average molecular weight is 647 g/mol. The fourth-order valence-corrected chi connectivity index (χ4v) is 6.39. The van der Waals surface area contributed by atoms with Crippen LogP contribution in [0.4, 0.5) is 0 Å². The highest BCUT2D eigenvalue weighted by Crippen LogP contribution is 2.33. The molecule has 9 nitrogen and oxygen atoms in total. The number of rotatable bonds is 18. The molecule has 2 aliphatic heterocycles. The van der Waals surface area contributed by atoms with Gasteiger partial charge in [-0.3, -0.25) is 9.59 Å². The molecule has 2 fully saturated rings. The third-order valence-electron chi connectivity index (χ3n) is 8.85. The van der Waals surface area contributed by atoms with E-state index in [1.54, 1.807) is 14.2 Å². The molecule has 0 unspecified atom stereocenters. The summed E-state index contributed by atoms with van der Waals surface area (Å²) in [7, 11) is 3.39. The maximum absolute atomic E-state index is 11.8. The first-order valence-corrected chi connectivity index (χ1v) is 17.1. The first-order chi connectivity index (χ1) is 22.0. The molecule has 1 aromatic rings. The second-order valence-electron chi connectivity index (χ2n) is 13.4. The van der Waals surface area contributed by atoms with E-state index in [0.717, 1.165) is 37.0 Å². The quantitative estimate of drug-likeness (QED) is 0.0950. The van der Waals surface area contributed by atoms with Gasteiger partial charge in [0.15, 0.2) is 0 Å². The summed E-state index contributed by atoms with van der Waals surface area (Å²) in [6, 6.07) is 7.84. The number of carbonyl (C=O) groups excluding carboxylic acids is 2. The van der Waals surface area contributed by atoms with Gasteiger partial charge in [-0.15, -0.1) is 0 Å². The zero-order chi connectivity index (χ0) is 33.5. The minimum absolute atomic E-state index is 0.00771. The number of hydrogen-bond acceptors (Lipinski definition) is 9. The monoisotopic (exact) mass is 646 g/mol. The van der Waals surface area contributed by atoms with E-state index in [9.17, 15) is 9.59 Å². The van der Waals surface area contributed by atoms with Crippen molar-refractivity contribution >= 4 is 11.9 Å². The molecule has 2 heterocycles. The number of benzene rings is 1. The van der Waals surface area contributed by atoms with Gasteiger partial charge in [-0.25, -0.2) is 0 Å². The van der Waals surface area contributed by atoms with Crippen LogP contribution in [0.15, 0.2) is 36.4 Å². The molecule has 46 heavy (non-hydrogen) atoms. The van der Waals surface area contributed by atoms with E-state index >= 15 is 0 Å². The van der Waals surface area contributed by atoms with Crippen LogP contribution in [0.1, 0.15) is 98.0 Å². The summed E-state index contributed by atoms with van der Waals surface area (Å²) in [5.41, 5.74) is 1.08. The lowest BCUT2D eigenvalue weighted by atomic mass is 9.87. The zero-order valence-electron chi connectivity index (χ0n) is 29.1. The fraction of sp³-hybridized carbons (Fsp3) is 0.730. The zero-order valence-corrected chi connectivity index (χ0v) is 29.1. The first kappa shape index (κ1) is 38.0. The molecule has 0 saturated carbocycles. The van der Waals surface area contributed by atoms with Gasteiger partial charge < -0.3 is 33.2 Å². The molecule has 2 aliphatic rings. The van der Waals surface area contributed by atoms with Gasteiger partial charge in [0.2, 0.25) is 0 Å². The third-order valence-corrected chi connectivity index (χ3v) is 8.85. The maximum atomic E-state index is 11.8. The summed E-state index contributed by atoms with van der Waals surface area (Å²) >= 11 is 0. The van der Waals surface area contributed by atoms with Crippen molar-refractivity contribution in [1.29, 1.82) is 0 Å². The molecular formula is C37H58O9. The van der Waals surface area contributed by atoms with Gasteiger partial charge in [-0.2, -0.15) is 0 Å². The number of methoxy groups -OCH3 is 2. The molecule has 0 N–H and O–H groups in total. The summed E-state index contributed by atoms with van der Waals surface area (Å²) in [4.78, 5) is 23.6. The van der Waals surface area contributed by atoms with Crippen LogP contribution in [0.2, 0.25) is 0 Å². The molecule has 260 valence electrons. The molecule has 0 bridgehead atoms. The maximum Gasteiger partial charge on any atom is 0.303 e. The van der Waals surface area contributed by atoms with Gasteiger partial charge in [0.1, 0.15) is 18.0 Å². The van der Waals surface area contributed by atoms with Crippen molar-refractivity contribution in [3.63, 3.8) is 0 Å². The smallest absolute Gasteiger partial charge is 0.303 e. The van der Waals surface area contributed by atoms with Gasteiger partial charge in [0, 0.05) is 53.2 Å². The van der Waals surface area contributed by atoms with E-state index in [0.29, 0.717) is 57.2 Å². The SMILES string of the molecule is COc1ccc(COCC[C@H]2C[C@@H](OC(C)=O)C[C@@H](C[C@@H](C[C@H]3O[C@H](C[C@H](/C=C/CC(C)C)OC(C)=O)CC[C@@H]3C)OC)O2)cc1. The largest absolute Gasteiger partial charge is 0.497 e. The molecule has 3 rings (SSSR count). The number of ether oxygens (including phenoxy) is 7. The molecule has 9 heteroatoms. The van der Waals surface area contributed by atoms with E-state index < -0.39 is 0 Å². The van der Waals surface area contributed by atoms with Crippen LogP contribution in [0.25, 0.3) is 0 Å². The number of hydrogen-bond donors (Lipinski definition) is 0. The van der Waals surface area contributed by atoms with E-state index in [1.165, 1.54) is 13.8 Å². The Morgan fingerprint density at radius 2 is 1.67 bits per heavy atom. The Morgan fingerprint density at radius 3 is 2.33 bits per heavy atom. The lowest BCUT2D eigenvalue weighted by Crippen LogP contribution is -2.42. The summed E-state index contributed by atoms with van der Waals surface area (Å²) in [5, 5.41) is 0. The number of esters is 2. The third kappa shape index (κ3) is 14.1.